The van der Waals surface area contributed by atoms with Crippen LogP contribution in [0.5, 0.6) is 0 Å². The van der Waals surface area contributed by atoms with E-state index in [0.717, 1.165) is 72.1 Å². The molecule has 0 aliphatic carbocycles. The quantitative estimate of drug-likeness (QED) is 0.170. The van der Waals surface area contributed by atoms with E-state index in [1.807, 2.05) is 18.2 Å². The van der Waals surface area contributed by atoms with E-state index in [-0.39, 0.29) is 0 Å². The van der Waals surface area contributed by atoms with Gasteiger partial charge in [0.1, 0.15) is 11.2 Å². The summed E-state index contributed by atoms with van der Waals surface area (Å²) < 4.78 is 11.1. The van der Waals surface area contributed by atoms with Gasteiger partial charge < -0.3 is 8.98 Å². The van der Waals surface area contributed by atoms with Gasteiger partial charge in [0.25, 0.3) is 0 Å². The minimum absolute atomic E-state index is 0.612. The molecule has 0 N–H and O–H groups in total. The number of hydrogen-bond donors (Lipinski definition) is 0. The average Bonchev–Trinajstić information content (AvgIpc) is 3.93. The lowest BCUT2D eigenvalue weighted by Crippen LogP contribution is -2.04. The van der Waals surface area contributed by atoms with Crippen LogP contribution in [-0.2, 0) is 0 Å². The van der Waals surface area contributed by atoms with E-state index >= 15 is 0 Å². The summed E-state index contributed by atoms with van der Waals surface area (Å²) in [5.41, 5.74) is 10.9. The average molecular weight is 727 g/mol. The normalized spacial score (nSPS) is 12.2. The number of rotatable bonds is 4. The van der Waals surface area contributed by atoms with Crippen molar-refractivity contribution in [2.75, 3.05) is 0 Å². The number of furan rings is 1. The van der Waals surface area contributed by atoms with Gasteiger partial charge in [0.05, 0.1) is 33.5 Å². The topological polar surface area (TPSA) is 48.8 Å². The minimum Gasteiger partial charge on any atom is -0.456 e. The Bertz CT molecular complexity index is 3740. The molecular weight excluding hydrogens is 697 g/mol. The van der Waals surface area contributed by atoms with Gasteiger partial charge in [-0.15, -0.1) is 0 Å². The Morgan fingerprint density at radius 1 is 0.333 bits per heavy atom. The van der Waals surface area contributed by atoms with Crippen molar-refractivity contribution in [3.8, 4) is 34.2 Å². The van der Waals surface area contributed by atoms with Crippen LogP contribution in [0, 0.1) is 0 Å². The van der Waals surface area contributed by atoms with E-state index in [9.17, 15) is 0 Å². The van der Waals surface area contributed by atoms with E-state index in [0.29, 0.717) is 5.95 Å². The molecule has 0 atom stereocenters. The first-order chi connectivity index (χ1) is 28.3. The molecule has 0 radical (unpaired) electrons. The summed E-state index contributed by atoms with van der Waals surface area (Å²) in [6.45, 7) is 0. The lowest BCUT2D eigenvalue weighted by molar-refractivity contribution is 0.669. The number of hydrogen-bond acceptors (Lipinski definition) is 3. The summed E-state index contributed by atoms with van der Waals surface area (Å²) >= 11 is 0. The van der Waals surface area contributed by atoms with Crippen LogP contribution in [0.1, 0.15) is 0 Å². The molecule has 4 aromatic heterocycles. The van der Waals surface area contributed by atoms with Gasteiger partial charge in [-0.25, -0.2) is 9.97 Å². The predicted molar refractivity (Wildman–Crippen MR) is 235 cm³/mol. The summed E-state index contributed by atoms with van der Waals surface area (Å²) in [5, 5.41) is 12.1. The first-order valence-corrected chi connectivity index (χ1v) is 19.3. The standard InChI is InChI=1S/C52H30N4O/c1-3-14-31(15-4-1)40-29-41(32-26-27-36-35-19-10-12-25-46(35)57-47(36)28-32)54-52(53-40)56-42-23-11-9-21-39(42)49-44(56)30-45-51-48-37(34-18-7-8-20-38(34)50(49)51)22-13-24-43(48)55(45)33-16-5-2-6-17-33/h1-30H. The molecule has 13 aromatic rings. The maximum atomic E-state index is 6.37. The van der Waals surface area contributed by atoms with Crippen molar-refractivity contribution in [3.63, 3.8) is 0 Å². The fourth-order valence-electron chi connectivity index (χ4n) is 9.49. The molecule has 9 aromatic carbocycles. The lowest BCUT2D eigenvalue weighted by atomic mass is 9.92. The smallest absolute Gasteiger partial charge is 0.235 e. The molecule has 0 aliphatic heterocycles. The van der Waals surface area contributed by atoms with Crippen molar-refractivity contribution in [3.05, 3.63) is 182 Å². The number of fused-ring (bicyclic) bond motifs is 10. The summed E-state index contributed by atoms with van der Waals surface area (Å²) in [4.78, 5) is 10.9. The fraction of sp³-hybridized carbons (Fsp3) is 0. The van der Waals surface area contributed by atoms with Crippen molar-refractivity contribution in [2.45, 2.75) is 0 Å². The number of para-hydroxylation sites is 3. The van der Waals surface area contributed by atoms with Crippen LogP contribution in [-0.4, -0.2) is 19.1 Å². The third-order valence-electron chi connectivity index (χ3n) is 11.9. The molecule has 0 saturated heterocycles. The largest absolute Gasteiger partial charge is 0.456 e. The molecule has 57 heavy (non-hydrogen) atoms. The van der Waals surface area contributed by atoms with Gasteiger partial charge in [-0.05, 0) is 70.8 Å². The SMILES string of the molecule is c1ccc(-c2cc(-c3ccc4c(c3)oc3ccccc34)nc(-n3c4ccccc4c4c5c6ccccc6c6cccc7c6c5c(cc43)n7-c3ccccc3)n2)cc1. The maximum Gasteiger partial charge on any atom is 0.235 e. The minimum atomic E-state index is 0.612. The lowest BCUT2D eigenvalue weighted by Gasteiger charge is -2.13. The van der Waals surface area contributed by atoms with Crippen molar-refractivity contribution in [1.29, 1.82) is 0 Å². The molecule has 0 saturated carbocycles. The predicted octanol–water partition coefficient (Wildman–Crippen LogP) is 13.6. The van der Waals surface area contributed by atoms with E-state index in [2.05, 4.69) is 173 Å². The Kier molecular flexibility index (Phi) is 6.10. The Morgan fingerprint density at radius 2 is 0.930 bits per heavy atom. The van der Waals surface area contributed by atoms with E-state index in [1.54, 1.807) is 0 Å². The second-order valence-corrected chi connectivity index (χ2v) is 14.9. The summed E-state index contributed by atoms with van der Waals surface area (Å²) in [6, 6.07) is 64.5. The van der Waals surface area contributed by atoms with E-state index in [1.165, 1.54) is 43.2 Å². The van der Waals surface area contributed by atoms with Crippen LogP contribution in [0.3, 0.4) is 0 Å². The molecule has 4 heterocycles. The van der Waals surface area contributed by atoms with Gasteiger partial charge >= 0.3 is 0 Å². The monoisotopic (exact) mass is 726 g/mol. The molecule has 0 bridgehead atoms. The van der Waals surface area contributed by atoms with Crippen LogP contribution in [0.25, 0.3) is 121 Å². The molecule has 5 heteroatoms. The molecule has 0 fully saturated rings. The Hall–Kier alpha value is -7.76. The highest BCUT2D eigenvalue weighted by Crippen LogP contribution is 2.49. The highest BCUT2D eigenvalue weighted by Gasteiger charge is 2.26. The molecule has 5 nitrogen and oxygen atoms in total. The van der Waals surface area contributed by atoms with Crippen molar-refractivity contribution < 1.29 is 4.42 Å². The van der Waals surface area contributed by atoms with Crippen LogP contribution in [0.2, 0.25) is 0 Å². The second kappa shape index (κ2) is 11.4. The van der Waals surface area contributed by atoms with E-state index < -0.39 is 0 Å². The molecule has 0 unspecified atom stereocenters. The van der Waals surface area contributed by atoms with Crippen LogP contribution in [0.4, 0.5) is 0 Å². The van der Waals surface area contributed by atoms with Gasteiger partial charge in [-0.1, -0.05) is 127 Å². The molecule has 264 valence electrons. The third kappa shape index (κ3) is 4.23. The highest BCUT2D eigenvalue weighted by molar-refractivity contribution is 6.41. The third-order valence-corrected chi connectivity index (χ3v) is 11.9. The zero-order valence-corrected chi connectivity index (χ0v) is 30.5. The number of benzene rings is 9. The Labute approximate surface area is 325 Å². The number of aromatic nitrogens is 4. The van der Waals surface area contributed by atoms with Crippen LogP contribution in [0.15, 0.2) is 186 Å². The van der Waals surface area contributed by atoms with Gasteiger partial charge in [0.2, 0.25) is 5.95 Å². The molecular formula is C52H30N4O. The Morgan fingerprint density at radius 3 is 1.77 bits per heavy atom. The van der Waals surface area contributed by atoms with Gasteiger partial charge in [-0.3, -0.25) is 4.57 Å². The fourth-order valence-corrected chi connectivity index (χ4v) is 9.49. The molecule has 0 aliphatic rings. The summed E-state index contributed by atoms with van der Waals surface area (Å²) in [5.74, 6) is 0.612. The zero-order chi connectivity index (χ0) is 37.2. The van der Waals surface area contributed by atoms with Crippen molar-refractivity contribution in [1.82, 2.24) is 19.1 Å². The number of nitrogens with zero attached hydrogens (tertiary/aromatic N) is 4. The maximum absolute atomic E-state index is 6.37. The first kappa shape index (κ1) is 30.6. The first-order valence-electron chi connectivity index (χ1n) is 19.3. The Balaban J connectivity index is 1.19. The zero-order valence-electron chi connectivity index (χ0n) is 30.5. The second-order valence-electron chi connectivity index (χ2n) is 14.9. The van der Waals surface area contributed by atoms with Crippen molar-refractivity contribution >= 4 is 87.1 Å². The molecule has 0 spiro atoms. The molecule has 13 rings (SSSR count). The van der Waals surface area contributed by atoms with Crippen LogP contribution >= 0.6 is 0 Å². The van der Waals surface area contributed by atoms with Gasteiger partial charge in [0.15, 0.2) is 0 Å². The van der Waals surface area contributed by atoms with Crippen molar-refractivity contribution in [2.24, 2.45) is 0 Å². The van der Waals surface area contributed by atoms with E-state index in [4.69, 9.17) is 14.4 Å². The highest BCUT2D eigenvalue weighted by atomic mass is 16.3. The van der Waals surface area contributed by atoms with Crippen LogP contribution < -0.4 is 0 Å². The van der Waals surface area contributed by atoms with Gasteiger partial charge in [-0.2, -0.15) is 0 Å². The molecule has 0 amide bonds. The van der Waals surface area contributed by atoms with Gasteiger partial charge in [0, 0.05) is 54.5 Å². The summed E-state index contributed by atoms with van der Waals surface area (Å²) in [7, 11) is 0. The summed E-state index contributed by atoms with van der Waals surface area (Å²) in [6.07, 6.45) is 0.